The Morgan fingerprint density at radius 3 is 2.26 bits per heavy atom. The highest BCUT2D eigenvalue weighted by Crippen LogP contribution is 2.24. The van der Waals surface area contributed by atoms with Gasteiger partial charge >= 0.3 is 5.97 Å². The second-order valence-electron chi connectivity index (χ2n) is 3.62. The lowest BCUT2D eigenvalue weighted by atomic mass is 10.2. The molecule has 0 fully saturated rings. The number of primary amides is 1. The number of hydrogen-bond acceptors (Lipinski definition) is 3. The molecular weight excluding hydrogens is 382 g/mol. The summed E-state index contributed by atoms with van der Waals surface area (Å²) in [5, 5.41) is 12.9. The Kier molecular flexibility index (Phi) is 3.72. The normalized spacial score (nSPS) is 10.4. The number of halogens is 2. The second-order valence-corrected chi connectivity index (χ2v) is 5.45. The lowest BCUT2D eigenvalue weighted by molar-refractivity contribution is 0.0692. The maximum atomic E-state index is 11.4. The zero-order valence-electron chi connectivity index (χ0n) is 9.30. The molecule has 0 aliphatic rings. The van der Waals surface area contributed by atoms with Gasteiger partial charge in [-0.1, -0.05) is 31.9 Å². The minimum atomic E-state index is -1.26. The number of amides is 1. The molecule has 0 bridgehead atoms. The van der Waals surface area contributed by atoms with E-state index in [2.05, 4.69) is 37.0 Å². The SMILES string of the molecule is NC(=O)c1c(C(=O)O)cnn1-c1cc(Br)cc(Br)c1. The Morgan fingerprint density at radius 1 is 1.21 bits per heavy atom. The molecule has 1 amide bonds. The molecule has 8 heteroatoms. The van der Waals surface area contributed by atoms with E-state index in [4.69, 9.17) is 10.8 Å². The number of carboxylic acids is 1. The van der Waals surface area contributed by atoms with Gasteiger partial charge in [-0.15, -0.1) is 0 Å². The van der Waals surface area contributed by atoms with Crippen LogP contribution in [0.15, 0.2) is 33.3 Å². The largest absolute Gasteiger partial charge is 0.478 e. The topological polar surface area (TPSA) is 98.2 Å². The highest BCUT2D eigenvalue weighted by atomic mass is 79.9. The zero-order valence-corrected chi connectivity index (χ0v) is 12.5. The van der Waals surface area contributed by atoms with Crippen molar-refractivity contribution in [1.82, 2.24) is 9.78 Å². The smallest absolute Gasteiger partial charge is 0.339 e. The maximum absolute atomic E-state index is 11.4. The van der Waals surface area contributed by atoms with Crippen molar-refractivity contribution in [2.45, 2.75) is 0 Å². The number of aromatic carboxylic acids is 1. The average molecular weight is 389 g/mol. The maximum Gasteiger partial charge on any atom is 0.339 e. The minimum Gasteiger partial charge on any atom is -0.478 e. The van der Waals surface area contributed by atoms with Crippen molar-refractivity contribution < 1.29 is 14.7 Å². The van der Waals surface area contributed by atoms with Gasteiger partial charge in [-0.3, -0.25) is 4.79 Å². The summed E-state index contributed by atoms with van der Waals surface area (Å²) in [4.78, 5) is 22.5. The quantitative estimate of drug-likeness (QED) is 0.841. The van der Waals surface area contributed by atoms with E-state index in [0.29, 0.717) is 5.69 Å². The van der Waals surface area contributed by atoms with Gasteiger partial charge in [-0.2, -0.15) is 5.10 Å². The molecule has 0 unspecified atom stereocenters. The van der Waals surface area contributed by atoms with Gasteiger partial charge in [0.25, 0.3) is 5.91 Å². The number of nitrogens with zero attached hydrogens (tertiary/aromatic N) is 2. The van der Waals surface area contributed by atoms with Crippen LogP contribution in [0.3, 0.4) is 0 Å². The van der Waals surface area contributed by atoms with Crippen molar-refractivity contribution in [3.05, 3.63) is 44.6 Å². The number of carbonyl (C=O) groups excluding carboxylic acids is 1. The van der Waals surface area contributed by atoms with Gasteiger partial charge in [0.2, 0.25) is 0 Å². The molecular formula is C11H7Br2N3O3. The third-order valence-electron chi connectivity index (χ3n) is 2.32. The van der Waals surface area contributed by atoms with Crippen LogP contribution in [-0.2, 0) is 0 Å². The van der Waals surface area contributed by atoms with Crippen LogP contribution in [0.2, 0.25) is 0 Å². The second kappa shape index (κ2) is 5.14. The van der Waals surface area contributed by atoms with Gasteiger partial charge in [0, 0.05) is 8.95 Å². The lowest BCUT2D eigenvalue weighted by Crippen LogP contribution is -2.20. The first-order chi connectivity index (χ1) is 8.90. The van der Waals surface area contributed by atoms with E-state index in [9.17, 15) is 9.59 Å². The van der Waals surface area contributed by atoms with Gasteiger partial charge in [-0.05, 0) is 18.2 Å². The van der Waals surface area contributed by atoms with Crippen molar-refractivity contribution >= 4 is 43.7 Å². The Bertz CT molecular complexity index is 662. The minimum absolute atomic E-state index is 0.169. The molecule has 3 N–H and O–H groups in total. The number of nitrogens with two attached hydrogens (primary N) is 1. The third kappa shape index (κ3) is 2.69. The fourth-order valence-electron chi connectivity index (χ4n) is 1.60. The first-order valence-corrected chi connectivity index (χ1v) is 6.56. The molecule has 0 spiro atoms. The molecule has 1 aromatic carbocycles. The first kappa shape index (κ1) is 13.8. The van der Waals surface area contributed by atoms with Crippen molar-refractivity contribution in [3.63, 3.8) is 0 Å². The van der Waals surface area contributed by atoms with Gasteiger partial charge in [-0.25, -0.2) is 9.48 Å². The van der Waals surface area contributed by atoms with Crippen LogP contribution in [0, 0.1) is 0 Å². The number of rotatable bonds is 3. The summed E-state index contributed by atoms with van der Waals surface area (Å²) < 4.78 is 2.70. The van der Waals surface area contributed by atoms with Crippen LogP contribution in [-0.4, -0.2) is 26.8 Å². The molecule has 2 rings (SSSR count). The van der Waals surface area contributed by atoms with Crippen molar-refractivity contribution in [2.24, 2.45) is 5.73 Å². The highest BCUT2D eigenvalue weighted by Gasteiger charge is 2.22. The Hall–Kier alpha value is -1.67. The average Bonchev–Trinajstić information content (AvgIpc) is 2.71. The molecule has 0 saturated heterocycles. The molecule has 0 radical (unpaired) electrons. The van der Waals surface area contributed by atoms with E-state index in [1.54, 1.807) is 18.2 Å². The fourth-order valence-corrected chi connectivity index (χ4v) is 2.87. The summed E-state index contributed by atoms with van der Waals surface area (Å²) in [6.45, 7) is 0. The highest BCUT2D eigenvalue weighted by molar-refractivity contribution is 9.11. The van der Waals surface area contributed by atoms with Gasteiger partial charge < -0.3 is 10.8 Å². The van der Waals surface area contributed by atoms with Crippen LogP contribution < -0.4 is 5.73 Å². The van der Waals surface area contributed by atoms with Gasteiger partial charge in [0.1, 0.15) is 11.3 Å². The molecule has 0 atom stereocenters. The summed E-state index contributed by atoms with van der Waals surface area (Å²) in [6.07, 6.45) is 1.09. The number of aromatic nitrogens is 2. The Morgan fingerprint density at radius 2 is 1.79 bits per heavy atom. The van der Waals surface area contributed by atoms with Crippen LogP contribution in [0.1, 0.15) is 20.8 Å². The molecule has 19 heavy (non-hydrogen) atoms. The van der Waals surface area contributed by atoms with Gasteiger partial charge in [0.05, 0.1) is 11.9 Å². The summed E-state index contributed by atoms with van der Waals surface area (Å²) >= 11 is 6.61. The molecule has 2 aromatic rings. The Labute approximate surface area is 124 Å². The van der Waals surface area contributed by atoms with E-state index < -0.39 is 11.9 Å². The molecule has 0 saturated carbocycles. The summed E-state index contributed by atoms with van der Waals surface area (Å²) in [5.41, 5.74) is 5.34. The summed E-state index contributed by atoms with van der Waals surface area (Å²) in [6, 6.07) is 5.18. The van der Waals surface area contributed by atoms with Crippen LogP contribution in [0.4, 0.5) is 0 Å². The predicted octanol–water partition coefficient (Wildman–Crippen LogP) is 2.19. The van der Waals surface area contributed by atoms with E-state index in [1.807, 2.05) is 0 Å². The van der Waals surface area contributed by atoms with Crippen molar-refractivity contribution in [1.29, 1.82) is 0 Å². The number of carbonyl (C=O) groups is 2. The number of hydrogen-bond donors (Lipinski definition) is 2. The monoisotopic (exact) mass is 387 g/mol. The van der Waals surface area contributed by atoms with Crippen LogP contribution in [0.25, 0.3) is 5.69 Å². The summed E-state index contributed by atoms with van der Waals surface area (Å²) in [5.74, 6) is -2.11. The molecule has 0 aliphatic heterocycles. The molecule has 98 valence electrons. The zero-order chi connectivity index (χ0) is 14.2. The molecule has 1 heterocycles. The molecule has 6 nitrogen and oxygen atoms in total. The van der Waals surface area contributed by atoms with Crippen LogP contribution in [0.5, 0.6) is 0 Å². The number of benzene rings is 1. The van der Waals surface area contributed by atoms with Crippen molar-refractivity contribution in [3.8, 4) is 5.69 Å². The number of carboxylic acid groups (broad SMARTS) is 1. The van der Waals surface area contributed by atoms with Crippen LogP contribution >= 0.6 is 31.9 Å². The molecule has 1 aromatic heterocycles. The lowest BCUT2D eigenvalue weighted by Gasteiger charge is -2.07. The van der Waals surface area contributed by atoms with E-state index >= 15 is 0 Å². The third-order valence-corrected chi connectivity index (χ3v) is 3.24. The predicted molar refractivity (Wildman–Crippen MR) is 74.4 cm³/mol. The fraction of sp³-hybridized carbons (Fsp3) is 0. The van der Waals surface area contributed by atoms with Gasteiger partial charge in [0.15, 0.2) is 0 Å². The van der Waals surface area contributed by atoms with E-state index in [0.717, 1.165) is 15.1 Å². The summed E-state index contributed by atoms with van der Waals surface area (Å²) in [7, 11) is 0. The first-order valence-electron chi connectivity index (χ1n) is 4.97. The molecule has 0 aliphatic carbocycles. The van der Waals surface area contributed by atoms with E-state index in [-0.39, 0.29) is 11.3 Å². The standard InChI is InChI=1S/C11H7Br2N3O3/c12-5-1-6(13)3-7(2-5)16-9(10(14)17)8(4-15-16)11(18)19/h1-4H,(H2,14,17)(H,18,19). The van der Waals surface area contributed by atoms with E-state index in [1.165, 1.54) is 4.68 Å². The Balaban J connectivity index is 2.69. The van der Waals surface area contributed by atoms with Crippen molar-refractivity contribution in [2.75, 3.05) is 0 Å².